The van der Waals surface area contributed by atoms with Crippen LogP contribution in [0.15, 0.2) is 24.5 Å². The van der Waals surface area contributed by atoms with Crippen molar-refractivity contribution in [2.75, 3.05) is 19.8 Å². The normalized spacial score (nSPS) is 17.5. The average molecular weight is 302 g/mol. The molecule has 1 saturated heterocycles. The summed E-state index contributed by atoms with van der Waals surface area (Å²) in [6.45, 7) is 4.00. The summed E-state index contributed by atoms with van der Waals surface area (Å²) in [7, 11) is 0. The zero-order valence-electron chi connectivity index (χ0n) is 12.8. The summed E-state index contributed by atoms with van der Waals surface area (Å²) in [5, 5.41) is 2.99. The van der Waals surface area contributed by atoms with Gasteiger partial charge < -0.3 is 20.2 Å². The summed E-state index contributed by atoms with van der Waals surface area (Å²) in [6, 6.07) is 4.00. The molecule has 0 radical (unpaired) electrons. The quantitative estimate of drug-likeness (QED) is 0.883. The first-order valence-corrected chi connectivity index (χ1v) is 7.63. The summed E-state index contributed by atoms with van der Waals surface area (Å²) in [6.07, 6.45) is 5.33. The Hall–Kier alpha value is -1.92. The van der Waals surface area contributed by atoms with E-state index in [0.717, 1.165) is 11.3 Å². The number of nitrogens with zero attached hydrogens (tertiary/aromatic N) is 2. The maximum Gasteiger partial charge on any atom is 0.227 e. The predicted octanol–water partition coefficient (Wildman–Crippen LogP) is 1.01. The van der Waals surface area contributed by atoms with Crippen LogP contribution in [0.1, 0.15) is 24.1 Å². The molecule has 1 amide bonds. The second-order valence-electron chi connectivity index (χ2n) is 5.98. The summed E-state index contributed by atoms with van der Waals surface area (Å²) in [4.78, 5) is 17.0. The Morgan fingerprint density at radius 3 is 2.91 bits per heavy atom. The first-order valence-electron chi connectivity index (χ1n) is 7.63. The minimum Gasteiger partial charge on any atom is -0.381 e. The van der Waals surface area contributed by atoms with E-state index in [1.807, 2.05) is 35.9 Å². The monoisotopic (exact) mass is 302 g/mol. The predicted molar refractivity (Wildman–Crippen MR) is 83.3 cm³/mol. The first-order chi connectivity index (χ1) is 10.6. The summed E-state index contributed by atoms with van der Waals surface area (Å²) in [5.41, 5.74) is 8.26. The number of ether oxygens (including phenoxy) is 1. The smallest absolute Gasteiger partial charge is 0.227 e. The Morgan fingerprint density at radius 2 is 2.18 bits per heavy atom. The molecule has 0 aliphatic carbocycles. The summed E-state index contributed by atoms with van der Waals surface area (Å²) < 4.78 is 7.32. The molecule has 1 aliphatic rings. The van der Waals surface area contributed by atoms with Crippen LogP contribution in [0, 0.1) is 12.3 Å². The van der Waals surface area contributed by atoms with Crippen LogP contribution in [0.5, 0.6) is 0 Å². The molecule has 0 saturated carbocycles. The largest absolute Gasteiger partial charge is 0.381 e. The van der Waals surface area contributed by atoms with Gasteiger partial charge in [0.15, 0.2) is 0 Å². The number of imidazole rings is 1. The highest BCUT2D eigenvalue weighted by atomic mass is 16.5. The van der Waals surface area contributed by atoms with Crippen LogP contribution in [-0.4, -0.2) is 35.1 Å². The van der Waals surface area contributed by atoms with Crippen LogP contribution in [0.2, 0.25) is 0 Å². The van der Waals surface area contributed by atoms with Crippen molar-refractivity contribution in [2.45, 2.75) is 26.3 Å². The highest BCUT2D eigenvalue weighted by molar-refractivity contribution is 5.83. The minimum absolute atomic E-state index is 0.00605. The number of nitrogens with two attached hydrogens (primary N) is 1. The third kappa shape index (κ3) is 2.84. The van der Waals surface area contributed by atoms with Crippen molar-refractivity contribution < 1.29 is 9.53 Å². The van der Waals surface area contributed by atoms with Crippen LogP contribution < -0.4 is 11.1 Å². The van der Waals surface area contributed by atoms with E-state index < -0.39 is 5.41 Å². The van der Waals surface area contributed by atoms with Gasteiger partial charge in [0.1, 0.15) is 5.65 Å². The molecule has 0 aromatic carbocycles. The minimum atomic E-state index is -0.492. The molecule has 1 aliphatic heterocycles. The molecule has 2 aromatic rings. The van der Waals surface area contributed by atoms with Crippen molar-refractivity contribution in [3.05, 3.63) is 35.8 Å². The zero-order valence-corrected chi connectivity index (χ0v) is 12.8. The van der Waals surface area contributed by atoms with Crippen molar-refractivity contribution in [3.8, 4) is 0 Å². The Morgan fingerprint density at radius 1 is 1.41 bits per heavy atom. The number of hydrogen-bond acceptors (Lipinski definition) is 4. The molecule has 3 rings (SSSR count). The molecule has 118 valence electrons. The molecule has 3 N–H and O–H groups in total. The molecule has 0 bridgehead atoms. The molecule has 1 fully saturated rings. The van der Waals surface area contributed by atoms with E-state index in [4.69, 9.17) is 10.5 Å². The molecule has 0 unspecified atom stereocenters. The van der Waals surface area contributed by atoms with Crippen molar-refractivity contribution >= 4 is 11.6 Å². The third-order valence-electron chi connectivity index (χ3n) is 4.40. The molecule has 2 aromatic heterocycles. The van der Waals surface area contributed by atoms with E-state index in [9.17, 15) is 4.79 Å². The summed E-state index contributed by atoms with van der Waals surface area (Å²) in [5.74, 6) is 0.00605. The first kappa shape index (κ1) is 15.0. The van der Waals surface area contributed by atoms with Gasteiger partial charge in [0, 0.05) is 32.2 Å². The number of carbonyl (C=O) groups is 1. The number of nitrogens with one attached hydrogen (secondary N) is 1. The van der Waals surface area contributed by atoms with Gasteiger partial charge in [-0.1, -0.05) is 6.07 Å². The SMILES string of the molecule is Cc1ccc2nc(CNC(=O)C3(CN)CCOCC3)cn2c1. The molecular weight excluding hydrogens is 280 g/mol. The molecule has 0 spiro atoms. The van der Waals surface area contributed by atoms with Crippen LogP contribution in [0.4, 0.5) is 0 Å². The average Bonchev–Trinajstić information content (AvgIpc) is 2.95. The van der Waals surface area contributed by atoms with Gasteiger partial charge in [0.05, 0.1) is 17.7 Å². The number of carbonyl (C=O) groups excluding carboxylic acids is 1. The fourth-order valence-electron chi connectivity index (χ4n) is 2.89. The Labute approximate surface area is 129 Å². The maximum absolute atomic E-state index is 12.5. The van der Waals surface area contributed by atoms with Crippen molar-refractivity contribution in [2.24, 2.45) is 11.1 Å². The van der Waals surface area contributed by atoms with Crippen LogP contribution in [0.3, 0.4) is 0 Å². The summed E-state index contributed by atoms with van der Waals surface area (Å²) >= 11 is 0. The Balaban J connectivity index is 1.68. The highest BCUT2D eigenvalue weighted by Crippen LogP contribution is 2.29. The standard InChI is InChI=1S/C16H22N4O2/c1-12-2-3-14-19-13(10-20(14)9-12)8-18-15(21)16(11-17)4-6-22-7-5-16/h2-3,9-10H,4-8,11,17H2,1H3,(H,18,21). The number of amides is 1. The highest BCUT2D eigenvalue weighted by Gasteiger charge is 2.38. The van der Waals surface area contributed by atoms with Crippen molar-refractivity contribution in [3.63, 3.8) is 0 Å². The Bertz CT molecular complexity index is 674. The third-order valence-corrected chi connectivity index (χ3v) is 4.40. The van der Waals surface area contributed by atoms with Gasteiger partial charge in [0.25, 0.3) is 0 Å². The van der Waals surface area contributed by atoms with E-state index >= 15 is 0 Å². The number of pyridine rings is 1. The van der Waals surface area contributed by atoms with E-state index in [1.54, 1.807) is 0 Å². The Kier molecular flexibility index (Phi) is 4.13. The van der Waals surface area contributed by atoms with Crippen LogP contribution in [-0.2, 0) is 16.1 Å². The maximum atomic E-state index is 12.5. The molecule has 6 heteroatoms. The second-order valence-corrected chi connectivity index (χ2v) is 5.98. The van der Waals surface area contributed by atoms with Gasteiger partial charge >= 0.3 is 0 Å². The number of aromatic nitrogens is 2. The van der Waals surface area contributed by atoms with E-state index in [-0.39, 0.29) is 5.91 Å². The zero-order chi connectivity index (χ0) is 15.6. The molecule has 22 heavy (non-hydrogen) atoms. The lowest BCUT2D eigenvalue weighted by Gasteiger charge is -2.34. The fraction of sp³-hybridized carbons (Fsp3) is 0.500. The van der Waals surface area contributed by atoms with E-state index in [2.05, 4.69) is 10.3 Å². The number of fused-ring (bicyclic) bond motifs is 1. The molecule has 0 atom stereocenters. The fourth-order valence-corrected chi connectivity index (χ4v) is 2.89. The van der Waals surface area contributed by atoms with Gasteiger partial charge in [0.2, 0.25) is 5.91 Å². The van der Waals surface area contributed by atoms with Gasteiger partial charge in [-0.25, -0.2) is 4.98 Å². The van der Waals surface area contributed by atoms with Gasteiger partial charge in [-0.3, -0.25) is 4.79 Å². The number of hydrogen-bond donors (Lipinski definition) is 2. The van der Waals surface area contributed by atoms with E-state index in [0.29, 0.717) is 39.1 Å². The van der Waals surface area contributed by atoms with Gasteiger partial charge in [-0.05, 0) is 31.4 Å². The molecule has 3 heterocycles. The van der Waals surface area contributed by atoms with Gasteiger partial charge in [-0.15, -0.1) is 0 Å². The van der Waals surface area contributed by atoms with E-state index in [1.165, 1.54) is 5.56 Å². The lowest BCUT2D eigenvalue weighted by molar-refractivity contribution is -0.136. The molecular formula is C16H22N4O2. The lowest BCUT2D eigenvalue weighted by atomic mass is 9.79. The lowest BCUT2D eigenvalue weighted by Crippen LogP contribution is -2.49. The van der Waals surface area contributed by atoms with Crippen molar-refractivity contribution in [1.29, 1.82) is 0 Å². The van der Waals surface area contributed by atoms with Gasteiger partial charge in [-0.2, -0.15) is 0 Å². The number of aryl methyl sites for hydroxylation is 1. The van der Waals surface area contributed by atoms with Crippen molar-refractivity contribution in [1.82, 2.24) is 14.7 Å². The van der Waals surface area contributed by atoms with Crippen LogP contribution in [0.25, 0.3) is 5.65 Å². The van der Waals surface area contributed by atoms with Crippen LogP contribution >= 0.6 is 0 Å². The topological polar surface area (TPSA) is 81.7 Å². The molecule has 6 nitrogen and oxygen atoms in total. The number of rotatable bonds is 4. The second kappa shape index (κ2) is 6.06.